The lowest BCUT2D eigenvalue weighted by atomic mass is 10.2. The Morgan fingerprint density at radius 3 is 3.13 bits per heavy atom. The summed E-state index contributed by atoms with van der Waals surface area (Å²) in [4.78, 5) is 13.6. The van der Waals surface area contributed by atoms with Crippen molar-refractivity contribution in [1.82, 2.24) is 14.7 Å². The van der Waals surface area contributed by atoms with Gasteiger partial charge in [0.1, 0.15) is 6.54 Å². The molecule has 0 aromatic carbocycles. The largest absolute Gasteiger partial charge is 0.394 e. The molecule has 82 valence electrons. The topological polar surface area (TPSA) is 58.4 Å². The smallest absolute Gasteiger partial charge is 0.244 e. The molecule has 0 radical (unpaired) electrons. The molecule has 1 aromatic rings. The van der Waals surface area contributed by atoms with E-state index in [0.29, 0.717) is 0 Å². The zero-order chi connectivity index (χ0) is 10.7. The molecule has 15 heavy (non-hydrogen) atoms. The van der Waals surface area contributed by atoms with Gasteiger partial charge in [0, 0.05) is 18.9 Å². The van der Waals surface area contributed by atoms with Gasteiger partial charge in [0.15, 0.2) is 0 Å². The van der Waals surface area contributed by atoms with Crippen molar-refractivity contribution in [2.75, 3.05) is 13.2 Å². The van der Waals surface area contributed by atoms with Gasteiger partial charge in [-0.15, -0.1) is 0 Å². The molecule has 0 aliphatic carbocycles. The molecule has 1 amide bonds. The zero-order valence-corrected chi connectivity index (χ0v) is 8.54. The van der Waals surface area contributed by atoms with Crippen LogP contribution in [-0.2, 0) is 11.3 Å². The van der Waals surface area contributed by atoms with E-state index >= 15 is 0 Å². The molecule has 1 aliphatic heterocycles. The third-order valence-corrected chi connectivity index (χ3v) is 2.76. The Balaban J connectivity index is 1.96. The van der Waals surface area contributed by atoms with Crippen LogP contribution >= 0.6 is 0 Å². The van der Waals surface area contributed by atoms with Gasteiger partial charge < -0.3 is 10.0 Å². The first-order valence-corrected chi connectivity index (χ1v) is 5.19. The zero-order valence-electron chi connectivity index (χ0n) is 8.54. The van der Waals surface area contributed by atoms with Crippen molar-refractivity contribution in [3.05, 3.63) is 18.5 Å². The van der Waals surface area contributed by atoms with Gasteiger partial charge in [-0.05, 0) is 18.9 Å². The molecule has 1 aliphatic rings. The first kappa shape index (κ1) is 10.2. The number of hydrogen-bond donors (Lipinski definition) is 1. The summed E-state index contributed by atoms with van der Waals surface area (Å²) >= 11 is 0. The second-order valence-electron chi connectivity index (χ2n) is 3.77. The van der Waals surface area contributed by atoms with Crippen LogP contribution < -0.4 is 0 Å². The number of carbonyl (C=O) groups is 1. The van der Waals surface area contributed by atoms with Crippen molar-refractivity contribution in [3.63, 3.8) is 0 Å². The Bertz CT molecular complexity index is 323. The molecule has 5 nitrogen and oxygen atoms in total. The second-order valence-corrected chi connectivity index (χ2v) is 3.77. The molecule has 0 saturated carbocycles. The number of aromatic nitrogens is 2. The summed E-state index contributed by atoms with van der Waals surface area (Å²) in [6.07, 6.45) is 5.31. The number of aliphatic hydroxyl groups excluding tert-OH is 1. The molecule has 5 heteroatoms. The highest BCUT2D eigenvalue weighted by Crippen LogP contribution is 2.16. The van der Waals surface area contributed by atoms with Crippen molar-refractivity contribution in [1.29, 1.82) is 0 Å². The van der Waals surface area contributed by atoms with Gasteiger partial charge in [-0.25, -0.2) is 0 Å². The highest BCUT2D eigenvalue weighted by Gasteiger charge is 2.27. The first-order valence-electron chi connectivity index (χ1n) is 5.19. The molecule has 1 aromatic heterocycles. The van der Waals surface area contributed by atoms with Crippen LogP contribution in [0.1, 0.15) is 12.8 Å². The summed E-state index contributed by atoms with van der Waals surface area (Å²) in [5.41, 5.74) is 0. The minimum atomic E-state index is 0.00747. The first-order chi connectivity index (χ1) is 7.31. The second kappa shape index (κ2) is 4.44. The van der Waals surface area contributed by atoms with Crippen molar-refractivity contribution >= 4 is 5.91 Å². The average molecular weight is 209 g/mol. The van der Waals surface area contributed by atoms with E-state index in [4.69, 9.17) is 5.11 Å². The molecule has 2 heterocycles. The van der Waals surface area contributed by atoms with E-state index in [-0.39, 0.29) is 25.1 Å². The normalized spacial score (nSPS) is 20.9. The molecule has 0 bridgehead atoms. The van der Waals surface area contributed by atoms with Crippen molar-refractivity contribution in [2.45, 2.75) is 25.4 Å². The number of hydrogen-bond acceptors (Lipinski definition) is 3. The summed E-state index contributed by atoms with van der Waals surface area (Å²) in [6, 6.07) is 1.80. The fourth-order valence-corrected chi connectivity index (χ4v) is 1.98. The molecule has 1 fully saturated rings. The van der Waals surface area contributed by atoms with Crippen LogP contribution in [0.3, 0.4) is 0 Å². The minimum absolute atomic E-state index is 0.00747. The van der Waals surface area contributed by atoms with Crippen LogP contribution in [0.25, 0.3) is 0 Å². The van der Waals surface area contributed by atoms with E-state index in [2.05, 4.69) is 5.10 Å². The van der Waals surface area contributed by atoms with Gasteiger partial charge in [-0.2, -0.15) is 5.10 Å². The molecule has 0 spiro atoms. The SMILES string of the molecule is O=C(Cn1cccn1)N1CCC[C@@H]1CO. The monoisotopic (exact) mass is 209 g/mol. The van der Waals surface area contributed by atoms with E-state index < -0.39 is 0 Å². The van der Waals surface area contributed by atoms with Gasteiger partial charge in [-0.3, -0.25) is 9.48 Å². The quantitative estimate of drug-likeness (QED) is 0.754. The van der Waals surface area contributed by atoms with Crippen LogP contribution in [-0.4, -0.2) is 44.9 Å². The molecular formula is C10H15N3O2. The maximum absolute atomic E-state index is 11.8. The fraction of sp³-hybridized carbons (Fsp3) is 0.600. The van der Waals surface area contributed by atoms with E-state index in [9.17, 15) is 4.79 Å². The van der Waals surface area contributed by atoms with Crippen LogP contribution in [0.4, 0.5) is 0 Å². The van der Waals surface area contributed by atoms with Crippen molar-refractivity contribution in [2.24, 2.45) is 0 Å². The Kier molecular flexibility index (Phi) is 3.01. The van der Waals surface area contributed by atoms with Crippen LogP contribution in [0.2, 0.25) is 0 Å². The van der Waals surface area contributed by atoms with Crippen LogP contribution in [0.5, 0.6) is 0 Å². The molecule has 1 saturated heterocycles. The Hall–Kier alpha value is -1.36. The molecular weight excluding hydrogens is 194 g/mol. The lowest BCUT2D eigenvalue weighted by molar-refractivity contribution is -0.133. The predicted octanol–water partition coefficient (Wildman–Crippen LogP) is -0.134. The van der Waals surface area contributed by atoms with Gasteiger partial charge in [0.2, 0.25) is 5.91 Å². The lowest BCUT2D eigenvalue weighted by Gasteiger charge is -2.22. The molecule has 1 N–H and O–H groups in total. The summed E-state index contributed by atoms with van der Waals surface area (Å²) in [5.74, 6) is 0.0373. The van der Waals surface area contributed by atoms with Crippen molar-refractivity contribution in [3.8, 4) is 0 Å². The number of amides is 1. The maximum atomic E-state index is 11.8. The summed E-state index contributed by atoms with van der Waals surface area (Å²) in [5, 5.41) is 13.1. The molecule has 0 unspecified atom stereocenters. The molecule has 2 rings (SSSR count). The van der Waals surface area contributed by atoms with E-state index in [0.717, 1.165) is 19.4 Å². The Morgan fingerprint density at radius 2 is 2.47 bits per heavy atom. The number of carbonyl (C=O) groups excluding carboxylic acids is 1. The van der Waals surface area contributed by atoms with E-state index in [1.54, 1.807) is 28.0 Å². The molecule has 1 atom stereocenters. The van der Waals surface area contributed by atoms with Crippen LogP contribution in [0, 0.1) is 0 Å². The minimum Gasteiger partial charge on any atom is -0.394 e. The Morgan fingerprint density at radius 1 is 1.60 bits per heavy atom. The highest BCUT2D eigenvalue weighted by atomic mass is 16.3. The van der Waals surface area contributed by atoms with E-state index in [1.165, 1.54) is 0 Å². The van der Waals surface area contributed by atoms with Gasteiger partial charge in [0.05, 0.1) is 12.6 Å². The summed E-state index contributed by atoms with van der Waals surface area (Å²) in [7, 11) is 0. The third kappa shape index (κ3) is 2.18. The third-order valence-electron chi connectivity index (χ3n) is 2.76. The number of likely N-dealkylation sites (tertiary alicyclic amines) is 1. The Labute approximate surface area is 88.3 Å². The average Bonchev–Trinajstić information content (AvgIpc) is 2.86. The van der Waals surface area contributed by atoms with Gasteiger partial charge >= 0.3 is 0 Å². The van der Waals surface area contributed by atoms with Crippen molar-refractivity contribution < 1.29 is 9.90 Å². The standard InChI is InChI=1S/C10H15N3O2/c14-8-9-3-1-6-13(9)10(15)7-12-5-2-4-11-12/h2,4-5,9,14H,1,3,6-8H2/t9-/m1/s1. The summed E-state index contributed by atoms with van der Waals surface area (Å²) in [6.45, 7) is 1.08. The maximum Gasteiger partial charge on any atom is 0.244 e. The number of aliphatic hydroxyl groups is 1. The predicted molar refractivity (Wildman–Crippen MR) is 54.0 cm³/mol. The van der Waals surface area contributed by atoms with Crippen LogP contribution in [0.15, 0.2) is 18.5 Å². The number of rotatable bonds is 3. The fourth-order valence-electron chi connectivity index (χ4n) is 1.98. The summed E-state index contributed by atoms with van der Waals surface area (Å²) < 4.78 is 1.61. The lowest BCUT2D eigenvalue weighted by Crippen LogP contribution is -2.39. The number of nitrogens with zero attached hydrogens (tertiary/aromatic N) is 3. The van der Waals surface area contributed by atoms with Gasteiger partial charge in [0.25, 0.3) is 0 Å². The van der Waals surface area contributed by atoms with Gasteiger partial charge in [-0.1, -0.05) is 0 Å². The highest BCUT2D eigenvalue weighted by molar-refractivity contribution is 5.76. The van der Waals surface area contributed by atoms with E-state index in [1.807, 2.05) is 0 Å².